The Morgan fingerprint density at radius 1 is 1.00 bits per heavy atom. The first-order chi connectivity index (χ1) is 9.11. The Labute approximate surface area is 120 Å². The maximum atomic E-state index is 11.4. The summed E-state index contributed by atoms with van der Waals surface area (Å²) in [5, 5.41) is 0. The molecule has 0 amide bonds. The quantitative estimate of drug-likeness (QED) is 0.623. The van der Waals surface area contributed by atoms with Crippen molar-refractivity contribution in [3.05, 3.63) is 65.1 Å². The van der Waals surface area contributed by atoms with Crippen LogP contribution in [0.25, 0.3) is 16.7 Å². The summed E-state index contributed by atoms with van der Waals surface area (Å²) >= 11 is 3.41. The zero-order valence-electron chi connectivity index (χ0n) is 10.5. The lowest BCUT2D eigenvalue weighted by Gasteiger charge is -2.06. The van der Waals surface area contributed by atoms with Gasteiger partial charge in [-0.25, -0.2) is 4.79 Å². The molecule has 2 aromatic rings. The second-order valence-corrected chi connectivity index (χ2v) is 4.97. The first-order valence-corrected chi connectivity index (χ1v) is 6.54. The maximum absolute atomic E-state index is 11.4. The van der Waals surface area contributed by atoms with Gasteiger partial charge in [0.25, 0.3) is 0 Å². The van der Waals surface area contributed by atoms with Crippen molar-refractivity contribution in [2.24, 2.45) is 0 Å². The van der Waals surface area contributed by atoms with Crippen molar-refractivity contribution < 1.29 is 9.53 Å². The molecule has 0 saturated heterocycles. The minimum Gasteiger partial charge on any atom is -0.465 e. The summed E-state index contributed by atoms with van der Waals surface area (Å²) in [5.74, 6) is -0.406. The van der Waals surface area contributed by atoms with Gasteiger partial charge < -0.3 is 4.74 Å². The molecule has 0 aliphatic carbocycles. The van der Waals surface area contributed by atoms with Gasteiger partial charge in [-0.2, -0.15) is 0 Å². The first kappa shape index (κ1) is 13.6. The predicted octanol–water partition coefficient (Wildman–Crippen LogP) is 4.30. The summed E-state index contributed by atoms with van der Waals surface area (Å²) in [6.07, 6.45) is 0. The van der Waals surface area contributed by atoms with Crippen molar-refractivity contribution in [2.45, 2.75) is 0 Å². The van der Waals surface area contributed by atoms with Crippen molar-refractivity contribution in [1.29, 1.82) is 0 Å². The number of benzene rings is 2. The molecule has 2 aromatic carbocycles. The van der Waals surface area contributed by atoms with Gasteiger partial charge in [0.05, 0.1) is 12.7 Å². The van der Waals surface area contributed by atoms with E-state index in [-0.39, 0.29) is 0 Å². The van der Waals surface area contributed by atoms with Gasteiger partial charge in [-0.3, -0.25) is 0 Å². The van der Waals surface area contributed by atoms with Crippen LogP contribution >= 0.6 is 15.9 Å². The van der Waals surface area contributed by atoms with E-state index in [2.05, 4.69) is 27.2 Å². The Balaban J connectivity index is 2.26. The molecule has 0 spiro atoms. The van der Waals surface area contributed by atoms with Gasteiger partial charge in [0.1, 0.15) is 0 Å². The molecule has 0 N–H and O–H groups in total. The van der Waals surface area contributed by atoms with Crippen LogP contribution in [-0.4, -0.2) is 13.1 Å². The average Bonchev–Trinajstić information content (AvgIpc) is 2.46. The number of esters is 1. The monoisotopic (exact) mass is 316 g/mol. The summed E-state index contributed by atoms with van der Waals surface area (Å²) in [6.45, 7) is 3.73. The summed E-state index contributed by atoms with van der Waals surface area (Å²) in [6, 6.07) is 15.7. The van der Waals surface area contributed by atoms with E-state index in [1.54, 1.807) is 0 Å². The minimum atomic E-state index is -0.406. The number of rotatable bonds is 3. The lowest BCUT2D eigenvalue weighted by Crippen LogP contribution is -2.02. The molecule has 0 aromatic heterocycles. The van der Waals surface area contributed by atoms with Gasteiger partial charge in [0.15, 0.2) is 0 Å². The van der Waals surface area contributed by atoms with Crippen molar-refractivity contribution in [2.75, 3.05) is 7.11 Å². The zero-order valence-corrected chi connectivity index (χ0v) is 12.1. The molecule has 19 heavy (non-hydrogen) atoms. The third-order valence-electron chi connectivity index (χ3n) is 2.84. The molecule has 0 bridgehead atoms. The predicted molar refractivity (Wildman–Crippen MR) is 80.6 cm³/mol. The third kappa shape index (κ3) is 3.12. The number of hydrogen-bond donors (Lipinski definition) is 0. The first-order valence-electron chi connectivity index (χ1n) is 5.75. The summed E-state index contributed by atoms with van der Waals surface area (Å²) in [5.41, 5.74) is 3.35. The van der Waals surface area contributed by atoms with Gasteiger partial charge in [0.2, 0.25) is 0 Å². The Kier molecular flexibility index (Phi) is 4.17. The van der Waals surface area contributed by atoms with Crippen molar-refractivity contribution in [3.8, 4) is 11.1 Å². The van der Waals surface area contributed by atoms with Crippen LogP contribution in [0.3, 0.4) is 0 Å². The number of hydrogen-bond acceptors (Lipinski definition) is 2. The molecule has 0 saturated carbocycles. The van der Waals surface area contributed by atoms with Crippen LogP contribution < -0.4 is 0 Å². The molecule has 0 heterocycles. The third-order valence-corrected chi connectivity index (χ3v) is 3.37. The molecule has 2 nitrogen and oxygen atoms in total. The van der Waals surface area contributed by atoms with Crippen molar-refractivity contribution in [1.82, 2.24) is 0 Å². The highest BCUT2D eigenvalue weighted by Gasteiger charge is 2.09. The largest absolute Gasteiger partial charge is 0.465 e. The highest BCUT2D eigenvalue weighted by Crippen LogP contribution is 2.24. The molecule has 0 aliphatic heterocycles. The van der Waals surface area contributed by atoms with E-state index in [1.165, 1.54) is 7.11 Å². The molecule has 96 valence electrons. The van der Waals surface area contributed by atoms with Gasteiger partial charge >= 0.3 is 5.97 Å². The topological polar surface area (TPSA) is 26.3 Å². The van der Waals surface area contributed by atoms with Crippen LogP contribution in [0.1, 0.15) is 5.56 Å². The minimum absolute atomic E-state index is 0.366. The second-order valence-electron chi connectivity index (χ2n) is 4.05. The van der Waals surface area contributed by atoms with E-state index in [4.69, 9.17) is 0 Å². The lowest BCUT2D eigenvalue weighted by atomic mass is 10.0. The maximum Gasteiger partial charge on any atom is 0.337 e. The smallest absolute Gasteiger partial charge is 0.337 e. The Morgan fingerprint density at radius 3 is 1.95 bits per heavy atom. The molecule has 0 aliphatic rings. The van der Waals surface area contributed by atoms with Gasteiger partial charge in [-0.1, -0.05) is 58.9 Å². The second kappa shape index (κ2) is 5.85. The fourth-order valence-electron chi connectivity index (χ4n) is 1.75. The normalized spacial score (nSPS) is 10.0. The van der Waals surface area contributed by atoms with Crippen LogP contribution in [0.15, 0.2) is 59.6 Å². The van der Waals surface area contributed by atoms with E-state index in [0.29, 0.717) is 5.57 Å². The zero-order chi connectivity index (χ0) is 13.8. The van der Waals surface area contributed by atoms with Gasteiger partial charge in [0, 0.05) is 4.47 Å². The molecular formula is C16H13BrO2. The molecule has 0 fully saturated rings. The summed E-state index contributed by atoms with van der Waals surface area (Å²) in [7, 11) is 1.35. The van der Waals surface area contributed by atoms with E-state index in [0.717, 1.165) is 21.2 Å². The Hall–Kier alpha value is -1.87. The fraction of sp³-hybridized carbons (Fsp3) is 0.0625. The average molecular weight is 317 g/mol. The summed E-state index contributed by atoms with van der Waals surface area (Å²) in [4.78, 5) is 11.4. The number of carbonyl (C=O) groups is 1. The molecular weight excluding hydrogens is 304 g/mol. The van der Waals surface area contributed by atoms with E-state index in [9.17, 15) is 4.79 Å². The number of methoxy groups -OCH3 is 1. The molecule has 0 radical (unpaired) electrons. The van der Waals surface area contributed by atoms with Gasteiger partial charge in [-0.05, 0) is 28.8 Å². The SMILES string of the molecule is C=C(C(=O)OC)c1ccc(-c2ccc(Br)cc2)cc1. The standard InChI is InChI=1S/C16H13BrO2/c1-11(16(18)19-2)12-3-5-13(6-4-12)14-7-9-15(17)10-8-14/h3-10H,1H2,2H3. The molecule has 2 rings (SSSR count). The van der Waals surface area contributed by atoms with Crippen LogP contribution in [0.4, 0.5) is 0 Å². The molecule has 3 heteroatoms. The van der Waals surface area contributed by atoms with Crippen molar-refractivity contribution >= 4 is 27.5 Å². The van der Waals surface area contributed by atoms with Crippen LogP contribution in [0, 0.1) is 0 Å². The highest BCUT2D eigenvalue weighted by molar-refractivity contribution is 9.10. The molecule has 0 unspecified atom stereocenters. The summed E-state index contributed by atoms with van der Waals surface area (Å²) < 4.78 is 5.70. The Bertz CT molecular complexity index is 598. The van der Waals surface area contributed by atoms with Crippen LogP contribution in [-0.2, 0) is 9.53 Å². The lowest BCUT2D eigenvalue weighted by molar-refractivity contribution is -0.133. The molecule has 0 atom stereocenters. The fourth-order valence-corrected chi connectivity index (χ4v) is 2.01. The number of carbonyl (C=O) groups excluding carboxylic acids is 1. The number of halogens is 1. The highest BCUT2D eigenvalue weighted by atomic mass is 79.9. The number of ether oxygens (including phenoxy) is 1. The van der Waals surface area contributed by atoms with Gasteiger partial charge in [-0.15, -0.1) is 0 Å². The van der Waals surface area contributed by atoms with E-state index in [1.807, 2.05) is 48.5 Å². The van der Waals surface area contributed by atoms with E-state index >= 15 is 0 Å². The van der Waals surface area contributed by atoms with E-state index < -0.39 is 5.97 Å². The van der Waals surface area contributed by atoms with Crippen LogP contribution in [0.5, 0.6) is 0 Å². The Morgan fingerprint density at radius 2 is 1.47 bits per heavy atom. The van der Waals surface area contributed by atoms with Crippen molar-refractivity contribution in [3.63, 3.8) is 0 Å². The van der Waals surface area contributed by atoms with Crippen LogP contribution in [0.2, 0.25) is 0 Å².